The molecule has 0 radical (unpaired) electrons. The van der Waals surface area contributed by atoms with Crippen LogP contribution in [0.1, 0.15) is 19.4 Å². The van der Waals surface area contributed by atoms with E-state index in [0.29, 0.717) is 0 Å². The summed E-state index contributed by atoms with van der Waals surface area (Å²) in [4.78, 5) is 0.144. The molecule has 3 aromatic rings. The van der Waals surface area contributed by atoms with Crippen LogP contribution in [0.15, 0.2) is 86.1 Å². The van der Waals surface area contributed by atoms with E-state index in [4.69, 9.17) is 0 Å². The SMILES string of the molecule is CC(C)N(Cc1ccccc1)S(=O)(=O)c1ccc(S(=O)(=O)c2ccccc2)s1. The molecule has 0 saturated carbocycles. The molecule has 8 heteroatoms. The summed E-state index contributed by atoms with van der Waals surface area (Å²) in [5.74, 6) is 0. The lowest BCUT2D eigenvalue weighted by molar-refractivity contribution is 0.349. The van der Waals surface area contributed by atoms with Gasteiger partial charge in [0.1, 0.15) is 8.42 Å². The number of nitrogens with zero attached hydrogens (tertiary/aromatic N) is 1. The lowest BCUT2D eigenvalue weighted by Crippen LogP contribution is -2.36. The average Bonchev–Trinajstić information content (AvgIpc) is 3.19. The lowest BCUT2D eigenvalue weighted by atomic mass is 10.2. The van der Waals surface area contributed by atoms with E-state index < -0.39 is 19.9 Å². The van der Waals surface area contributed by atoms with Gasteiger partial charge in [0, 0.05) is 12.6 Å². The summed E-state index contributed by atoms with van der Waals surface area (Å²) < 4.78 is 53.4. The van der Waals surface area contributed by atoms with E-state index in [1.807, 2.05) is 30.3 Å². The molecule has 0 saturated heterocycles. The average molecular weight is 436 g/mol. The Kier molecular flexibility index (Phi) is 6.04. The topological polar surface area (TPSA) is 71.5 Å². The molecule has 0 bridgehead atoms. The van der Waals surface area contributed by atoms with E-state index in [9.17, 15) is 16.8 Å². The van der Waals surface area contributed by atoms with Gasteiger partial charge in [-0.25, -0.2) is 16.8 Å². The third-order valence-electron chi connectivity index (χ3n) is 4.20. The van der Waals surface area contributed by atoms with Crippen molar-refractivity contribution in [3.63, 3.8) is 0 Å². The van der Waals surface area contributed by atoms with Crippen LogP contribution in [0.4, 0.5) is 0 Å². The Morgan fingerprint density at radius 1 is 0.786 bits per heavy atom. The number of benzene rings is 2. The van der Waals surface area contributed by atoms with Crippen molar-refractivity contribution in [2.75, 3.05) is 0 Å². The fraction of sp³-hybridized carbons (Fsp3) is 0.200. The predicted molar refractivity (Wildman–Crippen MR) is 111 cm³/mol. The van der Waals surface area contributed by atoms with Crippen molar-refractivity contribution in [2.45, 2.75) is 39.7 Å². The molecule has 0 spiro atoms. The quantitative estimate of drug-likeness (QED) is 0.558. The summed E-state index contributed by atoms with van der Waals surface area (Å²) in [5.41, 5.74) is 0.869. The van der Waals surface area contributed by atoms with Crippen LogP contribution in [0.2, 0.25) is 0 Å². The van der Waals surface area contributed by atoms with E-state index in [2.05, 4.69) is 0 Å². The van der Waals surface area contributed by atoms with Gasteiger partial charge in [-0.1, -0.05) is 48.5 Å². The number of rotatable bonds is 7. The largest absolute Gasteiger partial charge is 0.253 e. The van der Waals surface area contributed by atoms with Gasteiger partial charge in [0.05, 0.1) is 4.90 Å². The Morgan fingerprint density at radius 2 is 1.32 bits per heavy atom. The third-order valence-corrected chi connectivity index (χ3v) is 10.0. The van der Waals surface area contributed by atoms with Gasteiger partial charge in [0.2, 0.25) is 9.84 Å². The molecule has 28 heavy (non-hydrogen) atoms. The van der Waals surface area contributed by atoms with Crippen molar-refractivity contribution in [3.8, 4) is 0 Å². The molecule has 0 aliphatic carbocycles. The minimum absolute atomic E-state index is 0.0145. The number of hydrogen-bond acceptors (Lipinski definition) is 5. The third kappa shape index (κ3) is 4.20. The fourth-order valence-corrected chi connectivity index (χ4v) is 7.67. The van der Waals surface area contributed by atoms with Gasteiger partial charge in [0.25, 0.3) is 10.0 Å². The van der Waals surface area contributed by atoms with Crippen LogP contribution in [-0.4, -0.2) is 27.2 Å². The fourth-order valence-electron chi connectivity index (χ4n) is 2.73. The van der Waals surface area contributed by atoms with Crippen LogP contribution >= 0.6 is 11.3 Å². The number of sulfone groups is 1. The van der Waals surface area contributed by atoms with E-state index in [1.165, 1.54) is 28.6 Å². The second-order valence-corrected chi connectivity index (χ2v) is 11.9. The number of thiophene rings is 1. The first-order chi connectivity index (χ1) is 13.2. The van der Waals surface area contributed by atoms with Crippen molar-refractivity contribution in [1.29, 1.82) is 0 Å². The standard InChI is InChI=1S/C20H21NO4S3/c1-16(2)21(15-17-9-5-3-6-10-17)28(24,25)20-14-13-19(26-20)27(22,23)18-11-7-4-8-12-18/h3-14,16H,15H2,1-2H3. The first-order valence-electron chi connectivity index (χ1n) is 8.68. The molecular formula is C20H21NO4S3. The molecule has 1 heterocycles. The Balaban J connectivity index is 1.96. The zero-order valence-corrected chi connectivity index (χ0v) is 18.0. The van der Waals surface area contributed by atoms with E-state index in [1.54, 1.807) is 32.0 Å². The van der Waals surface area contributed by atoms with E-state index in [0.717, 1.165) is 16.9 Å². The highest BCUT2D eigenvalue weighted by Gasteiger charge is 2.30. The van der Waals surface area contributed by atoms with Gasteiger partial charge in [-0.15, -0.1) is 11.3 Å². The van der Waals surface area contributed by atoms with Crippen LogP contribution < -0.4 is 0 Å². The normalized spacial score (nSPS) is 12.6. The highest BCUT2D eigenvalue weighted by molar-refractivity contribution is 7.95. The summed E-state index contributed by atoms with van der Waals surface area (Å²) >= 11 is 0.780. The van der Waals surface area contributed by atoms with Gasteiger partial charge < -0.3 is 0 Å². The summed E-state index contributed by atoms with van der Waals surface area (Å²) in [6.07, 6.45) is 0. The van der Waals surface area contributed by atoms with Crippen molar-refractivity contribution in [2.24, 2.45) is 0 Å². The second-order valence-electron chi connectivity index (χ2n) is 6.52. The second kappa shape index (κ2) is 8.16. The molecule has 0 N–H and O–H groups in total. The maximum atomic E-state index is 13.2. The van der Waals surface area contributed by atoms with Gasteiger partial charge in [-0.3, -0.25) is 0 Å². The first kappa shape index (κ1) is 20.7. The van der Waals surface area contributed by atoms with Crippen LogP contribution in [0.5, 0.6) is 0 Å². The van der Waals surface area contributed by atoms with Gasteiger partial charge in [-0.2, -0.15) is 4.31 Å². The van der Waals surface area contributed by atoms with Crippen LogP contribution in [-0.2, 0) is 26.4 Å². The maximum Gasteiger partial charge on any atom is 0.253 e. The summed E-state index contributed by atoms with van der Waals surface area (Å²) in [6.45, 7) is 3.82. The van der Waals surface area contributed by atoms with Gasteiger partial charge in [0.15, 0.2) is 0 Å². The van der Waals surface area contributed by atoms with Crippen molar-refractivity contribution < 1.29 is 16.8 Å². The summed E-state index contributed by atoms with van der Waals surface area (Å²) in [6, 6.07) is 19.8. The zero-order valence-electron chi connectivity index (χ0n) is 15.5. The molecule has 1 aromatic heterocycles. The molecule has 0 atom stereocenters. The van der Waals surface area contributed by atoms with E-state index >= 15 is 0 Å². The number of hydrogen-bond donors (Lipinski definition) is 0. The highest BCUT2D eigenvalue weighted by atomic mass is 32.3. The Bertz CT molecular complexity index is 1140. The molecule has 0 unspecified atom stereocenters. The van der Waals surface area contributed by atoms with E-state index in [-0.39, 0.29) is 25.9 Å². The van der Waals surface area contributed by atoms with Crippen molar-refractivity contribution in [3.05, 3.63) is 78.4 Å². The van der Waals surface area contributed by atoms with Crippen LogP contribution in [0.3, 0.4) is 0 Å². The highest BCUT2D eigenvalue weighted by Crippen LogP contribution is 2.32. The molecule has 0 aliphatic heterocycles. The molecule has 148 valence electrons. The molecular weight excluding hydrogens is 414 g/mol. The number of sulfonamides is 1. The van der Waals surface area contributed by atoms with Crippen molar-refractivity contribution in [1.82, 2.24) is 4.31 Å². The molecule has 3 rings (SSSR count). The zero-order chi connectivity index (χ0) is 20.4. The predicted octanol–water partition coefficient (Wildman–Crippen LogP) is 4.18. The van der Waals surface area contributed by atoms with Gasteiger partial charge >= 0.3 is 0 Å². The molecule has 2 aromatic carbocycles. The lowest BCUT2D eigenvalue weighted by Gasteiger charge is -2.25. The van der Waals surface area contributed by atoms with Gasteiger partial charge in [-0.05, 0) is 43.7 Å². The molecule has 0 fully saturated rings. The monoisotopic (exact) mass is 435 g/mol. The Morgan fingerprint density at radius 3 is 1.89 bits per heavy atom. The van der Waals surface area contributed by atoms with Crippen LogP contribution in [0.25, 0.3) is 0 Å². The summed E-state index contributed by atoms with van der Waals surface area (Å²) in [7, 11) is -7.58. The molecule has 0 aliphatic rings. The minimum Gasteiger partial charge on any atom is -0.218 e. The summed E-state index contributed by atoms with van der Waals surface area (Å²) in [5, 5.41) is 0. The Labute approximate surface area is 170 Å². The minimum atomic E-state index is -3.83. The smallest absolute Gasteiger partial charge is 0.218 e. The maximum absolute atomic E-state index is 13.2. The molecule has 5 nitrogen and oxygen atoms in total. The Hall–Kier alpha value is -2.00. The van der Waals surface area contributed by atoms with Crippen molar-refractivity contribution >= 4 is 31.2 Å². The molecule has 0 amide bonds. The first-order valence-corrected chi connectivity index (χ1v) is 12.4. The van der Waals surface area contributed by atoms with Crippen LogP contribution in [0, 0.1) is 0 Å².